The van der Waals surface area contributed by atoms with Crippen LogP contribution in [0.3, 0.4) is 0 Å². The van der Waals surface area contributed by atoms with Crippen molar-refractivity contribution in [2.24, 2.45) is 0 Å². The molecular formula is C18H16N2OS2. The van der Waals surface area contributed by atoms with Crippen molar-refractivity contribution in [2.75, 3.05) is 7.05 Å². The summed E-state index contributed by atoms with van der Waals surface area (Å²) in [5.74, 6) is -0.00932. The van der Waals surface area contributed by atoms with Gasteiger partial charge < -0.3 is 4.90 Å². The van der Waals surface area contributed by atoms with Crippen LogP contribution in [0, 0.1) is 0 Å². The normalized spacial score (nSPS) is 10.5. The molecule has 2 heterocycles. The van der Waals surface area contributed by atoms with Gasteiger partial charge in [0, 0.05) is 23.0 Å². The summed E-state index contributed by atoms with van der Waals surface area (Å²) in [6.07, 6.45) is 1.72. The van der Waals surface area contributed by atoms with Gasteiger partial charge in [0.15, 0.2) is 0 Å². The first-order valence-corrected chi connectivity index (χ1v) is 8.89. The number of pyridine rings is 1. The summed E-state index contributed by atoms with van der Waals surface area (Å²) in [5, 5.41) is 2.76. The molecule has 5 heteroatoms. The Kier molecular flexibility index (Phi) is 5.10. The molecule has 0 radical (unpaired) electrons. The van der Waals surface area contributed by atoms with E-state index in [1.165, 1.54) is 16.6 Å². The first kappa shape index (κ1) is 15.8. The molecule has 0 saturated carbocycles. The average Bonchev–Trinajstić information content (AvgIpc) is 3.08. The Morgan fingerprint density at radius 3 is 2.70 bits per heavy atom. The molecule has 23 heavy (non-hydrogen) atoms. The van der Waals surface area contributed by atoms with Gasteiger partial charge in [-0.25, -0.2) is 4.98 Å². The zero-order valence-corrected chi connectivity index (χ0v) is 14.3. The maximum absolute atomic E-state index is 12.8. The largest absolute Gasteiger partial charge is 0.336 e. The zero-order chi connectivity index (χ0) is 16.1. The SMILES string of the molecule is CN(Cc1cccs1)C(=O)c1cccnc1Sc1ccccc1. The summed E-state index contributed by atoms with van der Waals surface area (Å²) >= 11 is 3.17. The van der Waals surface area contributed by atoms with E-state index in [0.717, 1.165) is 9.92 Å². The first-order chi connectivity index (χ1) is 11.2. The summed E-state index contributed by atoms with van der Waals surface area (Å²) in [7, 11) is 1.83. The molecule has 0 unspecified atom stereocenters. The highest BCUT2D eigenvalue weighted by Crippen LogP contribution is 2.29. The van der Waals surface area contributed by atoms with Crippen LogP contribution in [0.15, 0.2) is 76.1 Å². The number of amides is 1. The number of rotatable bonds is 5. The predicted octanol–water partition coefficient (Wildman–Crippen LogP) is 4.57. The van der Waals surface area contributed by atoms with Crippen LogP contribution < -0.4 is 0 Å². The van der Waals surface area contributed by atoms with Gasteiger partial charge in [-0.3, -0.25) is 4.79 Å². The third-order valence-corrected chi connectivity index (χ3v) is 5.17. The lowest BCUT2D eigenvalue weighted by molar-refractivity contribution is 0.0782. The van der Waals surface area contributed by atoms with Crippen LogP contribution in [0.4, 0.5) is 0 Å². The predicted molar refractivity (Wildman–Crippen MR) is 94.9 cm³/mol. The van der Waals surface area contributed by atoms with E-state index in [2.05, 4.69) is 4.98 Å². The first-order valence-electron chi connectivity index (χ1n) is 7.20. The number of nitrogens with zero attached hydrogens (tertiary/aromatic N) is 2. The number of thiophene rings is 1. The summed E-state index contributed by atoms with van der Waals surface area (Å²) < 4.78 is 0. The molecule has 0 N–H and O–H groups in total. The maximum atomic E-state index is 12.8. The number of hydrogen-bond donors (Lipinski definition) is 0. The number of aromatic nitrogens is 1. The lowest BCUT2D eigenvalue weighted by atomic mass is 10.2. The van der Waals surface area contributed by atoms with E-state index >= 15 is 0 Å². The third kappa shape index (κ3) is 4.00. The van der Waals surface area contributed by atoms with Crippen LogP contribution in [-0.4, -0.2) is 22.8 Å². The van der Waals surface area contributed by atoms with E-state index in [1.54, 1.807) is 28.5 Å². The summed E-state index contributed by atoms with van der Waals surface area (Å²) in [6, 6.07) is 17.7. The smallest absolute Gasteiger partial charge is 0.256 e. The molecule has 0 aliphatic rings. The Bertz CT molecular complexity index is 773. The molecule has 0 aliphatic heterocycles. The average molecular weight is 340 g/mol. The molecule has 0 spiro atoms. The van der Waals surface area contributed by atoms with E-state index in [0.29, 0.717) is 12.1 Å². The molecule has 2 aromatic heterocycles. The lowest BCUT2D eigenvalue weighted by Crippen LogP contribution is -2.26. The highest BCUT2D eigenvalue weighted by molar-refractivity contribution is 7.99. The van der Waals surface area contributed by atoms with Crippen LogP contribution in [0.1, 0.15) is 15.2 Å². The second kappa shape index (κ2) is 7.44. The molecule has 0 fully saturated rings. The van der Waals surface area contributed by atoms with E-state index in [-0.39, 0.29) is 5.91 Å². The standard InChI is InChI=1S/C18H16N2OS2/c1-20(13-15-9-6-12-22-15)18(21)16-10-5-11-19-17(16)23-14-7-3-2-4-8-14/h2-12H,13H2,1H3. The van der Waals surface area contributed by atoms with Gasteiger partial charge >= 0.3 is 0 Å². The molecule has 116 valence electrons. The minimum Gasteiger partial charge on any atom is -0.336 e. The monoisotopic (exact) mass is 340 g/mol. The Balaban J connectivity index is 1.80. The second-order valence-corrected chi connectivity index (χ2v) is 7.11. The van der Waals surface area contributed by atoms with Gasteiger partial charge in [0.05, 0.1) is 12.1 Å². The Morgan fingerprint density at radius 1 is 1.13 bits per heavy atom. The number of hydrogen-bond acceptors (Lipinski definition) is 4. The Hall–Kier alpha value is -2.11. The molecule has 3 aromatic rings. The van der Waals surface area contributed by atoms with Crippen LogP contribution >= 0.6 is 23.1 Å². The van der Waals surface area contributed by atoms with Crippen LogP contribution in [0.5, 0.6) is 0 Å². The topological polar surface area (TPSA) is 33.2 Å². The minimum atomic E-state index is -0.00932. The Morgan fingerprint density at radius 2 is 1.96 bits per heavy atom. The molecule has 0 aliphatic carbocycles. The van der Waals surface area contributed by atoms with Crippen molar-refractivity contribution < 1.29 is 4.79 Å². The van der Waals surface area contributed by atoms with Gasteiger partial charge in [-0.05, 0) is 35.7 Å². The van der Waals surface area contributed by atoms with Gasteiger partial charge in [0.25, 0.3) is 5.91 Å². The van der Waals surface area contributed by atoms with Crippen LogP contribution in [-0.2, 0) is 6.54 Å². The van der Waals surface area contributed by atoms with Crippen LogP contribution in [0.2, 0.25) is 0 Å². The highest BCUT2D eigenvalue weighted by atomic mass is 32.2. The van der Waals surface area contributed by atoms with Gasteiger partial charge in [-0.2, -0.15) is 0 Å². The summed E-state index contributed by atoms with van der Waals surface area (Å²) in [5.41, 5.74) is 0.639. The van der Waals surface area contributed by atoms with Crippen molar-refractivity contribution in [3.05, 3.63) is 76.6 Å². The molecule has 1 amide bonds. The zero-order valence-electron chi connectivity index (χ0n) is 12.7. The molecule has 1 aromatic carbocycles. The fourth-order valence-corrected chi connectivity index (χ4v) is 3.80. The Labute approximate surface area is 144 Å². The van der Waals surface area contributed by atoms with Crippen molar-refractivity contribution >= 4 is 29.0 Å². The minimum absolute atomic E-state index is 0.00932. The van der Waals surface area contributed by atoms with E-state index in [1.807, 2.05) is 61.0 Å². The van der Waals surface area contributed by atoms with Crippen molar-refractivity contribution in [3.63, 3.8) is 0 Å². The number of carbonyl (C=O) groups is 1. The van der Waals surface area contributed by atoms with Gasteiger partial charge in [0.2, 0.25) is 0 Å². The lowest BCUT2D eigenvalue weighted by Gasteiger charge is -2.17. The van der Waals surface area contributed by atoms with E-state index in [9.17, 15) is 4.79 Å². The summed E-state index contributed by atoms with van der Waals surface area (Å²) in [6.45, 7) is 0.612. The number of benzene rings is 1. The second-order valence-electron chi connectivity index (χ2n) is 5.01. The molecular weight excluding hydrogens is 324 g/mol. The maximum Gasteiger partial charge on any atom is 0.256 e. The van der Waals surface area contributed by atoms with Gasteiger partial charge in [0.1, 0.15) is 5.03 Å². The highest BCUT2D eigenvalue weighted by Gasteiger charge is 2.17. The van der Waals surface area contributed by atoms with Crippen LogP contribution in [0.25, 0.3) is 0 Å². The van der Waals surface area contributed by atoms with Crippen molar-refractivity contribution in [3.8, 4) is 0 Å². The number of carbonyl (C=O) groups excluding carboxylic acids is 1. The van der Waals surface area contributed by atoms with Crippen molar-refractivity contribution in [1.29, 1.82) is 0 Å². The van der Waals surface area contributed by atoms with Crippen molar-refractivity contribution in [1.82, 2.24) is 9.88 Å². The van der Waals surface area contributed by atoms with E-state index < -0.39 is 0 Å². The van der Waals surface area contributed by atoms with Gasteiger partial charge in [-0.1, -0.05) is 36.0 Å². The van der Waals surface area contributed by atoms with E-state index in [4.69, 9.17) is 0 Å². The molecule has 3 nitrogen and oxygen atoms in total. The van der Waals surface area contributed by atoms with Crippen molar-refractivity contribution in [2.45, 2.75) is 16.5 Å². The molecule has 3 rings (SSSR count). The third-order valence-electron chi connectivity index (χ3n) is 3.28. The fourth-order valence-electron chi connectivity index (χ4n) is 2.15. The molecule has 0 atom stereocenters. The summed E-state index contributed by atoms with van der Waals surface area (Å²) in [4.78, 5) is 21.1. The van der Waals surface area contributed by atoms with Gasteiger partial charge in [-0.15, -0.1) is 11.3 Å². The fraction of sp³-hybridized carbons (Fsp3) is 0.111. The quantitative estimate of drug-likeness (QED) is 0.682. The molecule has 0 saturated heterocycles. The molecule has 0 bridgehead atoms.